The van der Waals surface area contributed by atoms with Crippen LogP contribution in [0, 0.1) is 0 Å². The van der Waals surface area contributed by atoms with Crippen LogP contribution in [-0.4, -0.2) is 53.6 Å². The molecule has 0 radical (unpaired) electrons. The molecule has 0 bridgehead atoms. The summed E-state index contributed by atoms with van der Waals surface area (Å²) in [7, 11) is 0. The van der Waals surface area contributed by atoms with E-state index >= 15 is 0 Å². The minimum atomic E-state index is -0.575. The number of Topliss-reactive ketones (excluding diaryl/α,β-unsaturated/α-hetero) is 1. The third-order valence-electron chi connectivity index (χ3n) is 3.32. The van der Waals surface area contributed by atoms with E-state index in [0.717, 1.165) is 6.42 Å². The molecule has 0 aliphatic carbocycles. The van der Waals surface area contributed by atoms with Crippen LogP contribution in [0.2, 0.25) is 0 Å². The highest BCUT2D eigenvalue weighted by Crippen LogP contribution is 2.08. The first kappa shape index (κ1) is 14.2. The lowest BCUT2D eigenvalue weighted by Crippen LogP contribution is -2.55. The molecule has 2 rings (SSSR count). The molecule has 1 aromatic rings. The molecule has 1 aliphatic rings. The first-order valence-electron chi connectivity index (χ1n) is 6.80. The van der Waals surface area contributed by atoms with Crippen molar-refractivity contribution in [2.45, 2.75) is 13.3 Å². The lowest BCUT2D eigenvalue weighted by Gasteiger charge is -2.33. The number of rotatable bonds is 5. The van der Waals surface area contributed by atoms with Crippen molar-refractivity contribution in [3.63, 3.8) is 0 Å². The van der Waals surface area contributed by atoms with E-state index in [9.17, 15) is 14.4 Å². The maximum Gasteiger partial charge on any atom is 0.312 e. The SMILES string of the molecule is CCCN1CCN(CC(=O)c2ccccc2)C(=O)C1=O. The van der Waals surface area contributed by atoms with Gasteiger partial charge in [0.1, 0.15) is 0 Å². The van der Waals surface area contributed by atoms with Crippen LogP contribution in [0.3, 0.4) is 0 Å². The van der Waals surface area contributed by atoms with E-state index in [1.54, 1.807) is 29.2 Å². The van der Waals surface area contributed by atoms with Gasteiger partial charge in [-0.15, -0.1) is 0 Å². The lowest BCUT2D eigenvalue weighted by atomic mass is 10.1. The predicted molar refractivity (Wildman–Crippen MR) is 74.2 cm³/mol. The van der Waals surface area contributed by atoms with Crippen LogP contribution < -0.4 is 0 Å². The normalized spacial score (nSPS) is 15.7. The molecule has 1 aromatic carbocycles. The number of nitrogens with zero attached hydrogens (tertiary/aromatic N) is 2. The number of ketones is 1. The molecule has 0 N–H and O–H groups in total. The minimum Gasteiger partial charge on any atom is -0.333 e. The summed E-state index contributed by atoms with van der Waals surface area (Å²) in [5.41, 5.74) is 0.559. The zero-order valence-corrected chi connectivity index (χ0v) is 11.5. The summed E-state index contributed by atoms with van der Waals surface area (Å²) in [6.45, 7) is 3.44. The van der Waals surface area contributed by atoms with Gasteiger partial charge in [-0.25, -0.2) is 0 Å². The van der Waals surface area contributed by atoms with E-state index < -0.39 is 11.8 Å². The fourth-order valence-electron chi connectivity index (χ4n) is 2.24. The molecule has 1 saturated heterocycles. The lowest BCUT2D eigenvalue weighted by molar-refractivity contribution is -0.155. The third-order valence-corrected chi connectivity index (χ3v) is 3.32. The smallest absolute Gasteiger partial charge is 0.312 e. The summed E-state index contributed by atoms with van der Waals surface area (Å²) in [5, 5.41) is 0. The van der Waals surface area contributed by atoms with Gasteiger partial charge in [0.25, 0.3) is 0 Å². The van der Waals surface area contributed by atoms with Crippen LogP contribution >= 0.6 is 0 Å². The molecule has 0 aromatic heterocycles. The molecule has 0 unspecified atom stereocenters. The monoisotopic (exact) mass is 274 g/mol. The Balaban J connectivity index is 1.99. The first-order chi connectivity index (χ1) is 9.63. The van der Waals surface area contributed by atoms with Gasteiger partial charge in [-0.1, -0.05) is 37.3 Å². The third kappa shape index (κ3) is 3.04. The topological polar surface area (TPSA) is 57.7 Å². The van der Waals surface area contributed by atoms with Crippen molar-refractivity contribution in [3.05, 3.63) is 35.9 Å². The van der Waals surface area contributed by atoms with Gasteiger partial charge in [-0.05, 0) is 6.42 Å². The fourth-order valence-corrected chi connectivity index (χ4v) is 2.24. The number of amides is 2. The summed E-state index contributed by atoms with van der Waals surface area (Å²) in [4.78, 5) is 38.8. The fraction of sp³-hybridized carbons (Fsp3) is 0.400. The van der Waals surface area contributed by atoms with Crippen LogP contribution in [0.25, 0.3) is 0 Å². The molecule has 5 nitrogen and oxygen atoms in total. The Kier molecular flexibility index (Phi) is 4.50. The molecular weight excluding hydrogens is 256 g/mol. The number of carbonyl (C=O) groups is 3. The Labute approximate surface area is 118 Å². The van der Waals surface area contributed by atoms with E-state index in [2.05, 4.69) is 0 Å². The van der Waals surface area contributed by atoms with Crippen LogP contribution in [0.4, 0.5) is 0 Å². The van der Waals surface area contributed by atoms with Crippen LogP contribution in [-0.2, 0) is 9.59 Å². The number of benzene rings is 1. The van der Waals surface area contributed by atoms with Crippen molar-refractivity contribution >= 4 is 17.6 Å². The van der Waals surface area contributed by atoms with Gasteiger partial charge in [0.05, 0.1) is 6.54 Å². The Morgan fingerprint density at radius 3 is 2.30 bits per heavy atom. The quantitative estimate of drug-likeness (QED) is 0.593. The van der Waals surface area contributed by atoms with Crippen LogP contribution in [0.1, 0.15) is 23.7 Å². The highest BCUT2D eigenvalue weighted by Gasteiger charge is 2.32. The molecule has 1 heterocycles. The Morgan fingerprint density at radius 2 is 1.65 bits per heavy atom. The molecule has 5 heteroatoms. The molecule has 2 amide bonds. The zero-order valence-electron chi connectivity index (χ0n) is 11.5. The standard InChI is InChI=1S/C15H18N2O3/c1-2-8-16-9-10-17(15(20)14(16)19)11-13(18)12-6-4-3-5-7-12/h3-7H,2,8-11H2,1H3. The van der Waals surface area contributed by atoms with Crippen molar-refractivity contribution in [1.29, 1.82) is 0 Å². The van der Waals surface area contributed by atoms with E-state index in [1.807, 2.05) is 13.0 Å². The molecule has 0 spiro atoms. The van der Waals surface area contributed by atoms with Crippen LogP contribution in [0.5, 0.6) is 0 Å². The summed E-state index contributed by atoms with van der Waals surface area (Å²) in [6.07, 6.45) is 0.821. The van der Waals surface area contributed by atoms with Crippen molar-refractivity contribution in [2.75, 3.05) is 26.2 Å². The highest BCUT2D eigenvalue weighted by molar-refractivity contribution is 6.35. The van der Waals surface area contributed by atoms with Gasteiger partial charge in [-0.2, -0.15) is 0 Å². The van der Waals surface area contributed by atoms with Gasteiger partial charge >= 0.3 is 11.8 Å². The second kappa shape index (κ2) is 6.32. The maximum atomic E-state index is 12.1. The summed E-state index contributed by atoms with van der Waals surface area (Å²) in [6, 6.07) is 8.80. The summed E-state index contributed by atoms with van der Waals surface area (Å²) >= 11 is 0. The highest BCUT2D eigenvalue weighted by atomic mass is 16.2. The average molecular weight is 274 g/mol. The molecule has 106 valence electrons. The second-order valence-corrected chi connectivity index (χ2v) is 4.81. The molecule has 0 atom stereocenters. The molecule has 1 aliphatic heterocycles. The van der Waals surface area contributed by atoms with Crippen molar-refractivity contribution in [3.8, 4) is 0 Å². The zero-order chi connectivity index (χ0) is 14.5. The number of hydrogen-bond donors (Lipinski definition) is 0. The van der Waals surface area contributed by atoms with Gasteiger partial charge in [-0.3, -0.25) is 14.4 Å². The van der Waals surface area contributed by atoms with Gasteiger partial charge in [0, 0.05) is 25.2 Å². The molecule has 20 heavy (non-hydrogen) atoms. The largest absolute Gasteiger partial charge is 0.333 e. The summed E-state index contributed by atoms with van der Waals surface area (Å²) in [5.74, 6) is -1.22. The van der Waals surface area contributed by atoms with Gasteiger partial charge < -0.3 is 9.80 Å². The van der Waals surface area contributed by atoms with E-state index in [1.165, 1.54) is 4.90 Å². The van der Waals surface area contributed by atoms with Gasteiger partial charge in [0.15, 0.2) is 5.78 Å². The van der Waals surface area contributed by atoms with Crippen LogP contribution in [0.15, 0.2) is 30.3 Å². The summed E-state index contributed by atoms with van der Waals surface area (Å²) < 4.78 is 0. The Bertz CT molecular complexity index is 513. The molecular formula is C15H18N2O3. The van der Waals surface area contributed by atoms with E-state index in [-0.39, 0.29) is 12.3 Å². The number of hydrogen-bond acceptors (Lipinski definition) is 3. The average Bonchev–Trinajstić information content (AvgIpc) is 2.48. The molecule has 1 fully saturated rings. The van der Waals surface area contributed by atoms with Crippen molar-refractivity contribution < 1.29 is 14.4 Å². The van der Waals surface area contributed by atoms with E-state index in [0.29, 0.717) is 25.2 Å². The predicted octanol–water partition coefficient (Wildman–Crippen LogP) is 0.950. The molecule has 0 saturated carbocycles. The maximum absolute atomic E-state index is 12.1. The van der Waals surface area contributed by atoms with E-state index in [4.69, 9.17) is 0 Å². The van der Waals surface area contributed by atoms with Gasteiger partial charge in [0.2, 0.25) is 0 Å². The van der Waals surface area contributed by atoms with Crippen molar-refractivity contribution in [1.82, 2.24) is 9.80 Å². The minimum absolute atomic E-state index is 0.0332. The van der Waals surface area contributed by atoms with Crippen molar-refractivity contribution in [2.24, 2.45) is 0 Å². The number of piperazine rings is 1. The Morgan fingerprint density at radius 1 is 1.05 bits per heavy atom. The Hall–Kier alpha value is -2.17. The number of carbonyl (C=O) groups excluding carboxylic acids is 3. The second-order valence-electron chi connectivity index (χ2n) is 4.81. The first-order valence-corrected chi connectivity index (χ1v) is 6.80.